The number of carbonyl (C=O) groups excluding carboxylic acids is 1. The minimum absolute atomic E-state index is 0.0718. The average Bonchev–Trinajstić information content (AvgIpc) is 2.26. The van der Waals surface area contributed by atoms with E-state index in [2.05, 4.69) is 5.32 Å². The highest BCUT2D eigenvalue weighted by Gasteiger charge is 2.46. The third-order valence-electron chi connectivity index (χ3n) is 4.37. The van der Waals surface area contributed by atoms with Gasteiger partial charge < -0.3 is 10.1 Å². The number of likely N-dealkylation sites (N-methyl/N-ethyl adjacent to an activating group) is 1. The van der Waals surface area contributed by atoms with Gasteiger partial charge in [-0.15, -0.1) is 0 Å². The van der Waals surface area contributed by atoms with Gasteiger partial charge in [0.15, 0.2) is 5.78 Å². The molecule has 1 unspecified atom stereocenters. The van der Waals surface area contributed by atoms with Crippen molar-refractivity contribution < 1.29 is 9.53 Å². The summed E-state index contributed by atoms with van der Waals surface area (Å²) in [5.74, 6) is 0.543. The molecule has 2 fully saturated rings. The zero-order chi connectivity index (χ0) is 11.8. The number of Topliss-reactive ketones (excluding diaryl/α,β-unsaturated/α-hetero) is 1. The van der Waals surface area contributed by atoms with Gasteiger partial charge in [0.1, 0.15) is 0 Å². The molecule has 1 spiro atoms. The van der Waals surface area contributed by atoms with E-state index < -0.39 is 5.54 Å². The second-order valence-electron chi connectivity index (χ2n) is 5.81. The Morgan fingerprint density at radius 2 is 2.12 bits per heavy atom. The van der Waals surface area contributed by atoms with Crippen molar-refractivity contribution in [3.63, 3.8) is 0 Å². The van der Waals surface area contributed by atoms with Gasteiger partial charge in [-0.3, -0.25) is 4.79 Å². The molecule has 16 heavy (non-hydrogen) atoms. The van der Waals surface area contributed by atoms with Crippen LogP contribution in [0.2, 0.25) is 0 Å². The summed E-state index contributed by atoms with van der Waals surface area (Å²) >= 11 is 0. The van der Waals surface area contributed by atoms with Gasteiger partial charge in [0.25, 0.3) is 0 Å². The van der Waals surface area contributed by atoms with Crippen molar-refractivity contribution >= 4 is 5.78 Å². The van der Waals surface area contributed by atoms with Crippen LogP contribution in [0.3, 0.4) is 0 Å². The number of rotatable bonds is 3. The van der Waals surface area contributed by atoms with Gasteiger partial charge in [-0.1, -0.05) is 0 Å². The second kappa shape index (κ2) is 4.11. The first-order chi connectivity index (χ1) is 7.49. The highest BCUT2D eigenvalue weighted by atomic mass is 16.5. The number of ether oxygens (including phenoxy) is 1. The maximum Gasteiger partial charge on any atom is 0.155 e. The van der Waals surface area contributed by atoms with E-state index in [1.165, 1.54) is 6.42 Å². The van der Waals surface area contributed by atoms with Gasteiger partial charge >= 0.3 is 0 Å². The van der Waals surface area contributed by atoms with E-state index >= 15 is 0 Å². The molecule has 2 aliphatic rings. The third-order valence-corrected chi connectivity index (χ3v) is 4.37. The molecule has 92 valence electrons. The van der Waals surface area contributed by atoms with Crippen molar-refractivity contribution in [1.29, 1.82) is 0 Å². The molecule has 2 rings (SSSR count). The highest BCUT2D eigenvalue weighted by Crippen LogP contribution is 2.44. The first-order valence-corrected chi connectivity index (χ1v) is 6.36. The summed E-state index contributed by atoms with van der Waals surface area (Å²) in [6.45, 7) is 4.70. The van der Waals surface area contributed by atoms with Crippen LogP contribution in [0.25, 0.3) is 0 Å². The summed E-state index contributed by atoms with van der Waals surface area (Å²) in [6.07, 6.45) is 5.40. The van der Waals surface area contributed by atoms with E-state index in [0.717, 1.165) is 32.3 Å². The SMILES string of the molecule is CNC(C)(C)C(=O)C1CCOC2(CCC2)C1. The van der Waals surface area contributed by atoms with Crippen LogP contribution in [0, 0.1) is 5.92 Å². The second-order valence-corrected chi connectivity index (χ2v) is 5.81. The average molecular weight is 225 g/mol. The minimum atomic E-state index is -0.396. The quantitative estimate of drug-likeness (QED) is 0.797. The lowest BCUT2D eigenvalue weighted by atomic mass is 9.69. The molecule has 0 aromatic rings. The molecular weight excluding hydrogens is 202 g/mol. The monoisotopic (exact) mass is 225 g/mol. The lowest BCUT2D eigenvalue weighted by molar-refractivity contribution is -0.158. The molecule has 1 saturated carbocycles. The largest absolute Gasteiger partial charge is 0.375 e. The molecule has 0 aromatic heterocycles. The standard InChI is InChI=1S/C13H23NO2/c1-12(2,14-3)11(15)10-5-8-16-13(9-10)6-4-7-13/h10,14H,4-9H2,1-3H3. The van der Waals surface area contributed by atoms with Crippen LogP contribution in [0.1, 0.15) is 46.0 Å². The summed E-state index contributed by atoms with van der Waals surface area (Å²) in [5, 5.41) is 3.11. The van der Waals surface area contributed by atoms with Crippen molar-refractivity contribution in [2.24, 2.45) is 5.92 Å². The number of carbonyl (C=O) groups is 1. The van der Waals surface area contributed by atoms with Gasteiger partial charge in [0.05, 0.1) is 11.1 Å². The molecule has 3 heteroatoms. The summed E-state index contributed by atoms with van der Waals surface area (Å²) in [6, 6.07) is 0. The van der Waals surface area contributed by atoms with Gasteiger partial charge in [0.2, 0.25) is 0 Å². The normalized spacial score (nSPS) is 28.8. The maximum atomic E-state index is 12.4. The Morgan fingerprint density at radius 1 is 1.44 bits per heavy atom. The Balaban J connectivity index is 2.02. The Labute approximate surface area is 97.9 Å². The van der Waals surface area contributed by atoms with Gasteiger partial charge in [-0.05, 0) is 53.0 Å². The van der Waals surface area contributed by atoms with Crippen molar-refractivity contribution in [2.75, 3.05) is 13.7 Å². The molecule has 1 heterocycles. The summed E-state index contributed by atoms with van der Waals surface area (Å²) < 4.78 is 5.86. The Bertz CT molecular complexity index is 282. The zero-order valence-electron chi connectivity index (χ0n) is 10.6. The maximum absolute atomic E-state index is 12.4. The molecule has 1 aliphatic heterocycles. The first-order valence-electron chi connectivity index (χ1n) is 6.36. The molecule has 0 aromatic carbocycles. The van der Waals surface area contributed by atoms with E-state index in [-0.39, 0.29) is 11.5 Å². The van der Waals surface area contributed by atoms with Crippen LogP contribution >= 0.6 is 0 Å². The smallest absolute Gasteiger partial charge is 0.155 e. The molecule has 0 amide bonds. The lowest BCUT2D eigenvalue weighted by Crippen LogP contribution is -2.53. The lowest BCUT2D eigenvalue weighted by Gasteiger charge is -2.47. The predicted molar refractivity (Wildman–Crippen MR) is 63.4 cm³/mol. The number of hydrogen-bond acceptors (Lipinski definition) is 3. The number of ketones is 1. The first kappa shape index (κ1) is 12.1. The van der Waals surface area contributed by atoms with Crippen LogP contribution < -0.4 is 5.32 Å². The molecule has 0 radical (unpaired) electrons. The number of nitrogens with one attached hydrogen (secondary N) is 1. The predicted octanol–water partition coefficient (Wildman–Crippen LogP) is 1.90. The topological polar surface area (TPSA) is 38.3 Å². The van der Waals surface area contributed by atoms with Crippen LogP contribution in [-0.4, -0.2) is 30.6 Å². The zero-order valence-corrected chi connectivity index (χ0v) is 10.6. The van der Waals surface area contributed by atoms with Crippen LogP contribution in [0.15, 0.2) is 0 Å². The van der Waals surface area contributed by atoms with Gasteiger partial charge in [-0.2, -0.15) is 0 Å². The summed E-state index contributed by atoms with van der Waals surface area (Å²) in [4.78, 5) is 12.4. The third kappa shape index (κ3) is 2.03. The van der Waals surface area contributed by atoms with Crippen LogP contribution in [-0.2, 0) is 9.53 Å². The van der Waals surface area contributed by atoms with Gasteiger partial charge in [-0.25, -0.2) is 0 Å². The Kier molecular flexibility index (Phi) is 3.10. The molecule has 1 aliphatic carbocycles. The fraction of sp³-hybridized carbons (Fsp3) is 0.923. The van der Waals surface area contributed by atoms with E-state index in [0.29, 0.717) is 5.78 Å². The molecule has 3 nitrogen and oxygen atoms in total. The van der Waals surface area contributed by atoms with Crippen LogP contribution in [0.4, 0.5) is 0 Å². The fourth-order valence-electron chi connectivity index (χ4n) is 2.80. The highest BCUT2D eigenvalue weighted by molar-refractivity contribution is 5.89. The Morgan fingerprint density at radius 3 is 2.62 bits per heavy atom. The summed E-state index contributed by atoms with van der Waals surface area (Å²) in [5.41, 5.74) is -0.324. The van der Waals surface area contributed by atoms with Crippen molar-refractivity contribution in [3.05, 3.63) is 0 Å². The van der Waals surface area contributed by atoms with Crippen LogP contribution in [0.5, 0.6) is 0 Å². The van der Waals surface area contributed by atoms with E-state index in [1.54, 1.807) is 0 Å². The minimum Gasteiger partial charge on any atom is -0.375 e. The fourth-order valence-corrected chi connectivity index (χ4v) is 2.80. The van der Waals surface area contributed by atoms with E-state index in [9.17, 15) is 4.79 Å². The molecule has 0 bridgehead atoms. The van der Waals surface area contributed by atoms with Gasteiger partial charge in [0, 0.05) is 12.5 Å². The summed E-state index contributed by atoms with van der Waals surface area (Å²) in [7, 11) is 1.86. The Hall–Kier alpha value is -0.410. The number of hydrogen-bond donors (Lipinski definition) is 1. The molecule has 1 saturated heterocycles. The van der Waals surface area contributed by atoms with Crippen molar-refractivity contribution in [1.82, 2.24) is 5.32 Å². The van der Waals surface area contributed by atoms with E-state index in [1.807, 2.05) is 20.9 Å². The van der Waals surface area contributed by atoms with Crippen molar-refractivity contribution in [3.8, 4) is 0 Å². The van der Waals surface area contributed by atoms with Crippen molar-refractivity contribution in [2.45, 2.75) is 57.1 Å². The van der Waals surface area contributed by atoms with E-state index in [4.69, 9.17) is 4.74 Å². The molecule has 1 N–H and O–H groups in total. The molecule has 1 atom stereocenters. The molecular formula is C13H23NO2.